The Balaban J connectivity index is 2.80. The summed E-state index contributed by atoms with van der Waals surface area (Å²) in [6, 6.07) is 7.82. The molecule has 18 heavy (non-hydrogen) atoms. The fraction of sp³-hybridized carbons (Fsp3) is 0.200. The van der Waals surface area contributed by atoms with Gasteiger partial charge in [0.05, 0.1) is 21.3 Å². The average Bonchev–Trinajstić information content (AvgIpc) is 2.44. The topological polar surface area (TPSA) is 27.7 Å². The van der Waals surface area contributed by atoms with Crippen LogP contribution >= 0.6 is 0 Å². The van der Waals surface area contributed by atoms with Crippen LogP contribution in [0.2, 0.25) is 0 Å². The first-order valence-electron chi connectivity index (χ1n) is 5.60. The van der Waals surface area contributed by atoms with Crippen molar-refractivity contribution in [2.24, 2.45) is 0 Å². The molecular formula is C15H16O3. The molecule has 0 bridgehead atoms. The number of benzene rings is 2. The summed E-state index contributed by atoms with van der Waals surface area (Å²) in [4.78, 5) is 0. The van der Waals surface area contributed by atoms with Gasteiger partial charge < -0.3 is 14.2 Å². The third-order valence-electron chi connectivity index (χ3n) is 2.93. The second-order valence-corrected chi connectivity index (χ2v) is 3.82. The summed E-state index contributed by atoms with van der Waals surface area (Å²) in [6.45, 7) is 3.79. The van der Waals surface area contributed by atoms with E-state index < -0.39 is 0 Å². The summed E-state index contributed by atoms with van der Waals surface area (Å²) in [5.74, 6) is 2.23. The summed E-state index contributed by atoms with van der Waals surface area (Å²) in [5.41, 5.74) is 0.927. The second-order valence-electron chi connectivity index (χ2n) is 3.82. The van der Waals surface area contributed by atoms with Gasteiger partial charge in [0.2, 0.25) is 0 Å². The predicted molar refractivity (Wildman–Crippen MR) is 73.7 cm³/mol. The Kier molecular flexibility index (Phi) is 3.42. The molecule has 0 unspecified atom stereocenters. The van der Waals surface area contributed by atoms with Gasteiger partial charge in [0, 0.05) is 10.9 Å². The highest BCUT2D eigenvalue weighted by Gasteiger charge is 2.11. The van der Waals surface area contributed by atoms with Crippen molar-refractivity contribution in [3.63, 3.8) is 0 Å². The molecule has 0 aliphatic rings. The molecular weight excluding hydrogens is 228 g/mol. The maximum Gasteiger partial charge on any atom is 0.168 e. The first-order valence-corrected chi connectivity index (χ1v) is 5.60. The zero-order valence-electron chi connectivity index (χ0n) is 10.8. The van der Waals surface area contributed by atoms with E-state index in [0.717, 1.165) is 27.8 Å². The molecule has 0 saturated heterocycles. The van der Waals surface area contributed by atoms with Crippen molar-refractivity contribution in [3.05, 3.63) is 36.4 Å². The maximum atomic E-state index is 5.42. The average molecular weight is 244 g/mol. The SMILES string of the molecule is C=Cc1cc2c(OC)c(OC)ccc2cc1OC. The lowest BCUT2D eigenvalue weighted by molar-refractivity contribution is 0.358. The van der Waals surface area contributed by atoms with Crippen LogP contribution in [0, 0.1) is 0 Å². The van der Waals surface area contributed by atoms with Crippen molar-refractivity contribution < 1.29 is 14.2 Å². The number of ether oxygens (including phenoxy) is 3. The first kappa shape index (κ1) is 12.3. The molecule has 0 atom stereocenters. The van der Waals surface area contributed by atoms with Crippen molar-refractivity contribution >= 4 is 16.8 Å². The van der Waals surface area contributed by atoms with Crippen molar-refractivity contribution in [2.45, 2.75) is 0 Å². The molecule has 2 aromatic carbocycles. The Morgan fingerprint density at radius 1 is 0.944 bits per heavy atom. The first-order chi connectivity index (χ1) is 8.74. The molecule has 3 heteroatoms. The summed E-state index contributed by atoms with van der Waals surface area (Å²) in [5, 5.41) is 2.02. The van der Waals surface area contributed by atoms with E-state index in [-0.39, 0.29) is 0 Å². The van der Waals surface area contributed by atoms with Gasteiger partial charge in [-0.25, -0.2) is 0 Å². The van der Waals surface area contributed by atoms with Gasteiger partial charge in [-0.2, -0.15) is 0 Å². The van der Waals surface area contributed by atoms with Crippen molar-refractivity contribution in [1.82, 2.24) is 0 Å². The minimum atomic E-state index is 0.713. The van der Waals surface area contributed by atoms with E-state index in [4.69, 9.17) is 14.2 Å². The molecule has 94 valence electrons. The molecule has 0 fully saturated rings. The fourth-order valence-corrected chi connectivity index (χ4v) is 2.03. The predicted octanol–water partition coefficient (Wildman–Crippen LogP) is 3.51. The van der Waals surface area contributed by atoms with Crippen LogP contribution in [0.4, 0.5) is 0 Å². The van der Waals surface area contributed by atoms with Crippen LogP contribution in [-0.2, 0) is 0 Å². The van der Waals surface area contributed by atoms with Crippen LogP contribution in [0.25, 0.3) is 16.8 Å². The van der Waals surface area contributed by atoms with E-state index in [1.165, 1.54) is 0 Å². The highest BCUT2D eigenvalue weighted by molar-refractivity contribution is 5.94. The van der Waals surface area contributed by atoms with Crippen LogP contribution in [0.1, 0.15) is 5.56 Å². The lowest BCUT2D eigenvalue weighted by atomic mass is 10.0. The highest BCUT2D eigenvalue weighted by Crippen LogP contribution is 2.38. The molecule has 0 amide bonds. The van der Waals surface area contributed by atoms with Crippen LogP contribution in [-0.4, -0.2) is 21.3 Å². The Hall–Kier alpha value is -2.16. The van der Waals surface area contributed by atoms with E-state index >= 15 is 0 Å². The Labute approximate surface area is 107 Å². The van der Waals surface area contributed by atoms with Gasteiger partial charge in [0.25, 0.3) is 0 Å². The van der Waals surface area contributed by atoms with Crippen molar-refractivity contribution in [3.8, 4) is 17.2 Å². The van der Waals surface area contributed by atoms with E-state index in [0.29, 0.717) is 5.75 Å². The third kappa shape index (κ3) is 1.88. The fourth-order valence-electron chi connectivity index (χ4n) is 2.03. The van der Waals surface area contributed by atoms with E-state index in [9.17, 15) is 0 Å². The van der Waals surface area contributed by atoms with E-state index in [1.807, 2.05) is 24.3 Å². The zero-order chi connectivity index (χ0) is 13.1. The van der Waals surface area contributed by atoms with Crippen LogP contribution in [0.3, 0.4) is 0 Å². The molecule has 0 saturated carbocycles. The summed E-state index contributed by atoms with van der Waals surface area (Å²) in [7, 11) is 4.91. The van der Waals surface area contributed by atoms with Gasteiger partial charge in [-0.15, -0.1) is 0 Å². The van der Waals surface area contributed by atoms with Gasteiger partial charge in [-0.05, 0) is 23.6 Å². The molecule has 0 N–H and O–H groups in total. The molecule has 2 rings (SSSR count). The highest BCUT2D eigenvalue weighted by atomic mass is 16.5. The van der Waals surface area contributed by atoms with Gasteiger partial charge in [-0.1, -0.05) is 18.7 Å². The number of rotatable bonds is 4. The number of hydrogen-bond donors (Lipinski definition) is 0. The van der Waals surface area contributed by atoms with Crippen molar-refractivity contribution in [2.75, 3.05) is 21.3 Å². The summed E-state index contributed by atoms with van der Waals surface area (Å²) in [6.07, 6.45) is 1.76. The summed E-state index contributed by atoms with van der Waals surface area (Å²) < 4.78 is 16.0. The largest absolute Gasteiger partial charge is 0.496 e. The van der Waals surface area contributed by atoms with Crippen LogP contribution < -0.4 is 14.2 Å². The maximum absolute atomic E-state index is 5.42. The monoisotopic (exact) mass is 244 g/mol. The lowest BCUT2D eigenvalue weighted by Crippen LogP contribution is -1.93. The number of methoxy groups -OCH3 is 3. The van der Waals surface area contributed by atoms with Crippen LogP contribution in [0.15, 0.2) is 30.8 Å². The minimum absolute atomic E-state index is 0.713. The second kappa shape index (κ2) is 5.00. The molecule has 3 nitrogen and oxygen atoms in total. The van der Waals surface area contributed by atoms with Gasteiger partial charge in [0.1, 0.15) is 5.75 Å². The molecule has 0 aliphatic heterocycles. The lowest BCUT2D eigenvalue weighted by Gasteiger charge is -2.13. The standard InChI is InChI=1S/C15H16O3/c1-5-10-8-12-11(9-14(10)17-3)6-7-13(16-2)15(12)18-4/h5-9H,1H2,2-4H3. The van der Waals surface area contributed by atoms with Gasteiger partial charge in [0.15, 0.2) is 11.5 Å². The van der Waals surface area contributed by atoms with Crippen molar-refractivity contribution in [1.29, 1.82) is 0 Å². The van der Waals surface area contributed by atoms with E-state index in [2.05, 4.69) is 6.58 Å². The molecule has 0 aliphatic carbocycles. The number of fused-ring (bicyclic) bond motifs is 1. The number of hydrogen-bond acceptors (Lipinski definition) is 3. The van der Waals surface area contributed by atoms with E-state index in [1.54, 1.807) is 27.4 Å². The third-order valence-corrected chi connectivity index (χ3v) is 2.93. The van der Waals surface area contributed by atoms with Gasteiger partial charge >= 0.3 is 0 Å². The van der Waals surface area contributed by atoms with Crippen LogP contribution in [0.5, 0.6) is 17.2 Å². The zero-order valence-corrected chi connectivity index (χ0v) is 10.8. The Morgan fingerprint density at radius 2 is 1.67 bits per heavy atom. The smallest absolute Gasteiger partial charge is 0.168 e. The Bertz CT molecular complexity index is 588. The molecule has 0 heterocycles. The molecule has 0 aromatic heterocycles. The normalized spacial score (nSPS) is 10.2. The minimum Gasteiger partial charge on any atom is -0.496 e. The summed E-state index contributed by atoms with van der Waals surface area (Å²) >= 11 is 0. The van der Waals surface area contributed by atoms with Gasteiger partial charge in [-0.3, -0.25) is 0 Å². The molecule has 2 aromatic rings. The molecule has 0 spiro atoms. The molecule has 0 radical (unpaired) electrons. The Morgan fingerprint density at radius 3 is 2.22 bits per heavy atom. The quantitative estimate of drug-likeness (QED) is 0.823.